The lowest BCUT2D eigenvalue weighted by molar-refractivity contribution is 0.0951. The largest absolute Gasteiger partial charge is 0.352 e. The molecule has 1 aliphatic rings. The number of aromatic nitrogens is 2. The van der Waals surface area contributed by atoms with E-state index in [1.54, 1.807) is 17.1 Å². The standard InChI is InChI=1S/C16H19BrN4O.ClH/c17-14-2-1-3-15(8-14)21-11-13(10-20-21)16(22)19-7-5-12-4-6-18-9-12;/h1-3,8,10-12,18H,4-7,9H2,(H,19,22);1H. The molecule has 7 heteroatoms. The molecule has 2 aromatic rings. The Morgan fingerprint density at radius 3 is 3.09 bits per heavy atom. The minimum Gasteiger partial charge on any atom is -0.352 e. The molecule has 23 heavy (non-hydrogen) atoms. The van der Waals surface area contributed by atoms with E-state index in [1.165, 1.54) is 6.42 Å². The lowest BCUT2D eigenvalue weighted by Gasteiger charge is -2.08. The van der Waals surface area contributed by atoms with Gasteiger partial charge < -0.3 is 10.6 Å². The Labute approximate surface area is 150 Å². The van der Waals surface area contributed by atoms with Gasteiger partial charge in [0.1, 0.15) is 0 Å². The first kappa shape index (κ1) is 18.0. The Morgan fingerprint density at radius 2 is 2.35 bits per heavy atom. The number of hydrogen-bond donors (Lipinski definition) is 2. The highest BCUT2D eigenvalue weighted by Crippen LogP contribution is 2.15. The van der Waals surface area contributed by atoms with Crippen molar-refractivity contribution >= 4 is 34.2 Å². The molecule has 2 heterocycles. The van der Waals surface area contributed by atoms with Crippen molar-refractivity contribution in [2.45, 2.75) is 12.8 Å². The van der Waals surface area contributed by atoms with Crippen molar-refractivity contribution in [3.05, 3.63) is 46.7 Å². The third kappa shape index (κ3) is 4.80. The van der Waals surface area contributed by atoms with Gasteiger partial charge in [0.05, 0.1) is 17.4 Å². The molecule has 1 atom stereocenters. The van der Waals surface area contributed by atoms with Gasteiger partial charge in [-0.2, -0.15) is 5.10 Å². The van der Waals surface area contributed by atoms with E-state index in [0.29, 0.717) is 18.0 Å². The summed E-state index contributed by atoms with van der Waals surface area (Å²) >= 11 is 3.44. The molecular weight excluding hydrogens is 380 g/mol. The lowest BCUT2D eigenvalue weighted by atomic mass is 10.1. The molecule has 0 bridgehead atoms. The number of hydrogen-bond acceptors (Lipinski definition) is 3. The van der Waals surface area contributed by atoms with Crippen LogP contribution in [0, 0.1) is 5.92 Å². The summed E-state index contributed by atoms with van der Waals surface area (Å²) in [5.74, 6) is 0.622. The molecule has 2 N–H and O–H groups in total. The van der Waals surface area contributed by atoms with Gasteiger partial charge in [-0.1, -0.05) is 22.0 Å². The Bertz CT molecular complexity index is 655. The second kappa shape index (κ2) is 8.47. The third-order valence-electron chi connectivity index (χ3n) is 3.92. The Hall–Kier alpha value is -1.37. The molecule has 1 amide bonds. The van der Waals surface area contributed by atoms with Gasteiger partial charge in [0, 0.05) is 17.2 Å². The molecule has 0 spiro atoms. The molecule has 3 rings (SSSR count). The molecule has 0 saturated carbocycles. The summed E-state index contributed by atoms with van der Waals surface area (Å²) in [4.78, 5) is 12.1. The van der Waals surface area contributed by atoms with Crippen molar-refractivity contribution in [2.75, 3.05) is 19.6 Å². The quantitative estimate of drug-likeness (QED) is 0.813. The predicted molar refractivity (Wildman–Crippen MR) is 96.4 cm³/mol. The monoisotopic (exact) mass is 398 g/mol. The highest BCUT2D eigenvalue weighted by molar-refractivity contribution is 9.10. The minimum atomic E-state index is -0.0628. The third-order valence-corrected chi connectivity index (χ3v) is 4.41. The SMILES string of the molecule is Cl.O=C(NCCC1CCNC1)c1cnn(-c2cccc(Br)c2)c1. The highest BCUT2D eigenvalue weighted by Gasteiger charge is 2.15. The molecule has 124 valence electrons. The maximum absolute atomic E-state index is 12.1. The van der Waals surface area contributed by atoms with Gasteiger partial charge in [0.2, 0.25) is 0 Å². The Morgan fingerprint density at radius 1 is 1.48 bits per heavy atom. The van der Waals surface area contributed by atoms with E-state index in [4.69, 9.17) is 0 Å². The number of rotatable bonds is 5. The van der Waals surface area contributed by atoms with Crippen LogP contribution in [0.15, 0.2) is 41.1 Å². The van der Waals surface area contributed by atoms with Crippen molar-refractivity contribution in [3.63, 3.8) is 0 Å². The Kier molecular flexibility index (Phi) is 6.62. The van der Waals surface area contributed by atoms with Crippen LogP contribution in [0.4, 0.5) is 0 Å². The normalized spacial score (nSPS) is 16.8. The molecule has 1 saturated heterocycles. The summed E-state index contributed by atoms with van der Waals surface area (Å²) in [6, 6.07) is 7.81. The first-order valence-corrected chi connectivity index (χ1v) is 8.31. The van der Waals surface area contributed by atoms with Gasteiger partial charge in [-0.3, -0.25) is 4.79 Å². The zero-order valence-electron chi connectivity index (χ0n) is 12.7. The van der Waals surface area contributed by atoms with E-state index in [9.17, 15) is 4.79 Å². The maximum Gasteiger partial charge on any atom is 0.254 e. The second-order valence-electron chi connectivity index (χ2n) is 5.56. The summed E-state index contributed by atoms with van der Waals surface area (Å²) in [6.07, 6.45) is 5.59. The predicted octanol–water partition coefficient (Wildman–Crippen LogP) is 2.79. The summed E-state index contributed by atoms with van der Waals surface area (Å²) in [5, 5.41) is 10.6. The first-order chi connectivity index (χ1) is 10.7. The van der Waals surface area contributed by atoms with Gasteiger partial charge >= 0.3 is 0 Å². The molecule has 1 aromatic carbocycles. The van der Waals surface area contributed by atoms with Crippen molar-refractivity contribution in [2.24, 2.45) is 5.92 Å². The molecule has 1 aromatic heterocycles. The average molecular weight is 400 g/mol. The molecule has 5 nitrogen and oxygen atoms in total. The average Bonchev–Trinajstić information content (AvgIpc) is 3.19. The topological polar surface area (TPSA) is 59.0 Å². The number of carbonyl (C=O) groups is 1. The lowest BCUT2D eigenvalue weighted by Crippen LogP contribution is -2.26. The van der Waals surface area contributed by atoms with Crippen LogP contribution in [0.2, 0.25) is 0 Å². The maximum atomic E-state index is 12.1. The van der Waals surface area contributed by atoms with Crippen LogP contribution in [-0.2, 0) is 0 Å². The van der Waals surface area contributed by atoms with Crippen LogP contribution in [0.1, 0.15) is 23.2 Å². The van der Waals surface area contributed by atoms with Gasteiger partial charge in [0.25, 0.3) is 5.91 Å². The van der Waals surface area contributed by atoms with Crippen LogP contribution in [0.25, 0.3) is 5.69 Å². The van der Waals surface area contributed by atoms with Gasteiger partial charge in [0.15, 0.2) is 0 Å². The summed E-state index contributed by atoms with van der Waals surface area (Å²) in [5.41, 5.74) is 1.51. The van der Waals surface area contributed by atoms with Crippen molar-refractivity contribution in [1.29, 1.82) is 0 Å². The molecular formula is C16H20BrClN4O. The molecule has 1 unspecified atom stereocenters. The smallest absolute Gasteiger partial charge is 0.254 e. The van der Waals surface area contributed by atoms with Gasteiger partial charge in [-0.05, 0) is 50.0 Å². The van der Waals surface area contributed by atoms with Crippen LogP contribution in [-0.4, -0.2) is 35.3 Å². The van der Waals surface area contributed by atoms with Crippen LogP contribution in [0.3, 0.4) is 0 Å². The van der Waals surface area contributed by atoms with E-state index >= 15 is 0 Å². The van der Waals surface area contributed by atoms with Gasteiger partial charge in [-0.15, -0.1) is 12.4 Å². The minimum absolute atomic E-state index is 0. The number of nitrogens with zero attached hydrogens (tertiary/aromatic N) is 2. The summed E-state index contributed by atoms with van der Waals surface area (Å²) < 4.78 is 2.69. The molecule has 0 radical (unpaired) electrons. The fourth-order valence-electron chi connectivity index (χ4n) is 2.65. The van der Waals surface area contributed by atoms with Gasteiger partial charge in [-0.25, -0.2) is 4.68 Å². The summed E-state index contributed by atoms with van der Waals surface area (Å²) in [7, 11) is 0. The summed E-state index contributed by atoms with van der Waals surface area (Å²) in [6.45, 7) is 2.88. The molecule has 1 fully saturated rings. The highest BCUT2D eigenvalue weighted by atomic mass is 79.9. The number of benzene rings is 1. The fourth-order valence-corrected chi connectivity index (χ4v) is 3.04. The van der Waals surface area contributed by atoms with Crippen LogP contribution in [0.5, 0.6) is 0 Å². The van der Waals surface area contributed by atoms with E-state index in [2.05, 4.69) is 31.7 Å². The second-order valence-corrected chi connectivity index (χ2v) is 6.47. The zero-order valence-corrected chi connectivity index (χ0v) is 15.1. The fraction of sp³-hybridized carbons (Fsp3) is 0.375. The molecule has 1 aliphatic heterocycles. The van der Waals surface area contributed by atoms with E-state index in [0.717, 1.165) is 29.7 Å². The van der Waals surface area contributed by atoms with E-state index in [-0.39, 0.29) is 18.3 Å². The van der Waals surface area contributed by atoms with E-state index in [1.807, 2.05) is 24.3 Å². The Balaban J connectivity index is 0.00000192. The van der Waals surface area contributed by atoms with Crippen molar-refractivity contribution < 1.29 is 4.79 Å². The number of nitrogens with one attached hydrogen (secondary N) is 2. The first-order valence-electron chi connectivity index (χ1n) is 7.52. The number of carbonyl (C=O) groups excluding carboxylic acids is 1. The van der Waals surface area contributed by atoms with Crippen molar-refractivity contribution in [1.82, 2.24) is 20.4 Å². The molecule has 0 aliphatic carbocycles. The number of amides is 1. The zero-order chi connectivity index (χ0) is 15.4. The van der Waals surface area contributed by atoms with Crippen molar-refractivity contribution in [3.8, 4) is 5.69 Å². The van der Waals surface area contributed by atoms with Crippen LogP contribution >= 0.6 is 28.3 Å². The number of halogens is 2. The van der Waals surface area contributed by atoms with Crippen LogP contribution < -0.4 is 10.6 Å². The van der Waals surface area contributed by atoms with E-state index < -0.39 is 0 Å².